The van der Waals surface area contributed by atoms with Crippen LogP contribution in [-0.2, 0) is 10.0 Å². The van der Waals surface area contributed by atoms with Crippen LogP contribution in [0.2, 0.25) is 0 Å². The van der Waals surface area contributed by atoms with Crippen LogP contribution in [0.25, 0.3) is 0 Å². The van der Waals surface area contributed by atoms with Crippen LogP contribution in [0.1, 0.15) is 19.8 Å². The van der Waals surface area contributed by atoms with Gasteiger partial charge in [0.05, 0.1) is 5.75 Å². The highest BCUT2D eigenvalue weighted by Gasteiger charge is 2.46. The minimum atomic E-state index is -2.95. The smallest absolute Gasteiger partial charge is 0.213 e. The maximum absolute atomic E-state index is 11.8. The minimum absolute atomic E-state index is 0.249. The zero-order chi connectivity index (χ0) is 11.3. The first-order chi connectivity index (χ1) is 7.60. The highest BCUT2D eigenvalue weighted by atomic mass is 32.2. The second-order valence-electron chi connectivity index (χ2n) is 5.42. The van der Waals surface area contributed by atoms with Crippen molar-refractivity contribution in [3.8, 4) is 0 Å². The zero-order valence-electron chi connectivity index (χ0n) is 9.80. The molecule has 1 saturated carbocycles. The van der Waals surface area contributed by atoms with Crippen molar-refractivity contribution in [1.29, 1.82) is 0 Å². The van der Waals surface area contributed by atoms with Gasteiger partial charge < -0.3 is 0 Å². The molecule has 3 aliphatic rings. The maximum Gasteiger partial charge on any atom is 0.213 e. The molecule has 1 aliphatic carbocycles. The lowest BCUT2D eigenvalue weighted by Gasteiger charge is -2.20. The third-order valence-electron chi connectivity index (χ3n) is 4.30. The Morgan fingerprint density at radius 1 is 1.06 bits per heavy atom. The van der Waals surface area contributed by atoms with Crippen molar-refractivity contribution in [2.24, 2.45) is 11.8 Å². The van der Waals surface area contributed by atoms with E-state index in [-0.39, 0.29) is 5.75 Å². The van der Waals surface area contributed by atoms with E-state index in [1.54, 1.807) is 11.2 Å². The van der Waals surface area contributed by atoms with Gasteiger partial charge in [-0.1, -0.05) is 0 Å². The lowest BCUT2D eigenvalue weighted by atomic mass is 10.0. The number of sulfonamides is 1. The summed E-state index contributed by atoms with van der Waals surface area (Å²) in [6.45, 7) is 5.53. The van der Waals surface area contributed by atoms with Gasteiger partial charge in [0.2, 0.25) is 10.0 Å². The lowest BCUT2D eigenvalue weighted by Crippen LogP contribution is -2.34. The van der Waals surface area contributed by atoms with E-state index in [2.05, 4.69) is 4.90 Å². The molecule has 16 heavy (non-hydrogen) atoms. The molecular weight excluding hydrogens is 224 g/mol. The lowest BCUT2D eigenvalue weighted by molar-refractivity contribution is 0.288. The number of hydrogen-bond acceptors (Lipinski definition) is 3. The second kappa shape index (κ2) is 3.68. The summed E-state index contributed by atoms with van der Waals surface area (Å²) < 4.78 is 25.3. The van der Waals surface area contributed by atoms with Crippen LogP contribution in [0.5, 0.6) is 0 Å². The molecule has 0 aromatic rings. The predicted molar refractivity (Wildman–Crippen MR) is 62.6 cm³/mol. The first-order valence-corrected chi connectivity index (χ1v) is 7.93. The Labute approximate surface area is 97.7 Å². The van der Waals surface area contributed by atoms with Gasteiger partial charge in [-0.15, -0.1) is 0 Å². The summed E-state index contributed by atoms with van der Waals surface area (Å²) in [7, 11) is -2.95. The molecule has 0 N–H and O–H groups in total. The molecule has 92 valence electrons. The van der Waals surface area contributed by atoms with Crippen LogP contribution in [0.3, 0.4) is 0 Å². The van der Waals surface area contributed by atoms with Gasteiger partial charge in [-0.25, -0.2) is 12.7 Å². The van der Waals surface area contributed by atoms with E-state index in [0.29, 0.717) is 11.8 Å². The van der Waals surface area contributed by atoms with Gasteiger partial charge >= 0.3 is 0 Å². The number of rotatable bonds is 3. The zero-order valence-corrected chi connectivity index (χ0v) is 10.6. The highest BCUT2D eigenvalue weighted by molar-refractivity contribution is 7.89. The fourth-order valence-corrected chi connectivity index (χ4v) is 4.34. The van der Waals surface area contributed by atoms with Crippen LogP contribution in [-0.4, -0.2) is 55.6 Å². The largest absolute Gasteiger partial charge is 0.300 e. The van der Waals surface area contributed by atoms with Gasteiger partial charge in [-0.2, -0.15) is 0 Å². The topological polar surface area (TPSA) is 40.6 Å². The summed E-state index contributed by atoms with van der Waals surface area (Å²) in [5, 5.41) is 0. The van der Waals surface area contributed by atoms with E-state index in [0.717, 1.165) is 32.2 Å². The van der Waals surface area contributed by atoms with E-state index in [1.807, 2.05) is 0 Å². The van der Waals surface area contributed by atoms with Crippen molar-refractivity contribution in [3.05, 3.63) is 0 Å². The fraction of sp³-hybridized carbons (Fsp3) is 1.00. The van der Waals surface area contributed by atoms with E-state index < -0.39 is 10.0 Å². The first-order valence-electron chi connectivity index (χ1n) is 6.32. The van der Waals surface area contributed by atoms with Crippen molar-refractivity contribution < 1.29 is 8.42 Å². The monoisotopic (exact) mass is 244 g/mol. The Balaban J connectivity index is 1.64. The molecule has 2 saturated heterocycles. The van der Waals surface area contributed by atoms with Crippen LogP contribution < -0.4 is 0 Å². The number of fused-ring (bicyclic) bond motifs is 1. The Hall–Kier alpha value is -0.130. The van der Waals surface area contributed by atoms with Crippen molar-refractivity contribution in [2.75, 3.05) is 31.9 Å². The SMILES string of the molecule is CCS(=O)(=O)N1CC2CN(C3CC3)CC2C1. The average Bonchev–Trinajstić information content (AvgIpc) is 2.89. The standard InChI is InChI=1S/C11H20N2O2S/c1-2-16(14,15)13-7-9-5-12(11-3-4-11)6-10(9)8-13/h9-11H,2-8H2,1H3. The number of hydrogen-bond donors (Lipinski definition) is 0. The normalized spacial score (nSPS) is 36.8. The molecule has 0 aromatic heterocycles. The summed E-state index contributed by atoms with van der Waals surface area (Å²) in [5.74, 6) is 1.45. The van der Waals surface area contributed by atoms with E-state index in [9.17, 15) is 8.42 Å². The van der Waals surface area contributed by atoms with Crippen molar-refractivity contribution in [2.45, 2.75) is 25.8 Å². The fourth-order valence-electron chi connectivity index (χ4n) is 3.13. The maximum atomic E-state index is 11.8. The summed E-state index contributed by atoms with van der Waals surface area (Å²) in [6, 6.07) is 0.835. The minimum Gasteiger partial charge on any atom is -0.300 e. The molecule has 2 unspecified atom stereocenters. The van der Waals surface area contributed by atoms with Gasteiger partial charge in [-0.3, -0.25) is 4.90 Å². The van der Waals surface area contributed by atoms with E-state index in [1.165, 1.54) is 12.8 Å². The molecule has 4 nitrogen and oxygen atoms in total. The van der Waals surface area contributed by atoms with Crippen LogP contribution in [0.15, 0.2) is 0 Å². The molecule has 2 atom stereocenters. The third-order valence-corrected chi connectivity index (χ3v) is 6.12. The molecule has 0 radical (unpaired) electrons. The summed E-state index contributed by atoms with van der Waals surface area (Å²) >= 11 is 0. The number of nitrogens with zero attached hydrogens (tertiary/aromatic N) is 2. The quantitative estimate of drug-likeness (QED) is 0.720. The number of likely N-dealkylation sites (tertiary alicyclic amines) is 1. The van der Waals surface area contributed by atoms with Gasteiger partial charge in [-0.05, 0) is 31.6 Å². The van der Waals surface area contributed by atoms with Gasteiger partial charge in [0.15, 0.2) is 0 Å². The Kier molecular flexibility index (Phi) is 2.53. The van der Waals surface area contributed by atoms with Crippen LogP contribution >= 0.6 is 0 Å². The Morgan fingerprint density at radius 2 is 1.62 bits per heavy atom. The van der Waals surface area contributed by atoms with Crippen LogP contribution in [0, 0.1) is 11.8 Å². The molecule has 0 spiro atoms. The molecular formula is C11H20N2O2S. The molecule has 0 bridgehead atoms. The summed E-state index contributed by atoms with van der Waals surface area (Å²) in [4.78, 5) is 2.57. The Bertz CT molecular complexity index is 363. The molecule has 3 fully saturated rings. The van der Waals surface area contributed by atoms with E-state index in [4.69, 9.17) is 0 Å². The first kappa shape index (κ1) is 11.0. The highest BCUT2D eigenvalue weighted by Crippen LogP contribution is 2.38. The van der Waals surface area contributed by atoms with Gasteiger partial charge in [0.25, 0.3) is 0 Å². The van der Waals surface area contributed by atoms with E-state index >= 15 is 0 Å². The third kappa shape index (κ3) is 1.79. The molecule has 2 aliphatic heterocycles. The average molecular weight is 244 g/mol. The van der Waals surface area contributed by atoms with Gasteiger partial charge in [0, 0.05) is 32.2 Å². The van der Waals surface area contributed by atoms with Gasteiger partial charge in [0.1, 0.15) is 0 Å². The summed E-state index contributed by atoms with van der Waals surface area (Å²) in [5.41, 5.74) is 0. The van der Waals surface area contributed by atoms with Crippen molar-refractivity contribution >= 4 is 10.0 Å². The second-order valence-corrected chi connectivity index (χ2v) is 7.68. The Morgan fingerprint density at radius 3 is 2.06 bits per heavy atom. The molecule has 5 heteroatoms. The molecule has 0 aromatic carbocycles. The van der Waals surface area contributed by atoms with Crippen LogP contribution in [0.4, 0.5) is 0 Å². The predicted octanol–water partition coefficient (Wildman–Crippen LogP) is 0.362. The molecule has 2 heterocycles. The molecule has 0 amide bonds. The van der Waals surface area contributed by atoms with Crippen molar-refractivity contribution in [3.63, 3.8) is 0 Å². The van der Waals surface area contributed by atoms with Crippen molar-refractivity contribution in [1.82, 2.24) is 9.21 Å². The summed E-state index contributed by atoms with van der Waals surface area (Å²) in [6.07, 6.45) is 2.72. The molecule has 3 rings (SSSR count).